The topological polar surface area (TPSA) is 117 Å². The van der Waals surface area contributed by atoms with Crippen molar-refractivity contribution in [3.63, 3.8) is 0 Å². The summed E-state index contributed by atoms with van der Waals surface area (Å²) in [4.78, 5) is 61.9. The van der Waals surface area contributed by atoms with Crippen molar-refractivity contribution in [1.29, 1.82) is 0 Å². The molecule has 10 nitrogen and oxygen atoms in total. The van der Waals surface area contributed by atoms with E-state index in [9.17, 15) is 19.5 Å². The van der Waals surface area contributed by atoms with Crippen molar-refractivity contribution in [3.8, 4) is 0 Å². The highest BCUT2D eigenvalue weighted by Gasteiger charge is 2.77. The molecule has 0 radical (unpaired) electrons. The van der Waals surface area contributed by atoms with E-state index in [1.54, 1.807) is 33.9 Å². The zero-order valence-electron chi connectivity index (χ0n) is 30.7. The van der Waals surface area contributed by atoms with Gasteiger partial charge in [-0.05, 0) is 75.6 Å². The molecule has 2 bridgehead atoms. The number of rotatable bonds is 17. The van der Waals surface area contributed by atoms with Crippen LogP contribution >= 0.6 is 15.9 Å². The lowest BCUT2D eigenvalue weighted by Crippen LogP contribution is -2.57. The summed E-state index contributed by atoms with van der Waals surface area (Å²) in [5.41, 5.74) is 2.04. The van der Waals surface area contributed by atoms with Crippen molar-refractivity contribution < 1.29 is 33.8 Å². The number of carbonyl (C=O) groups is 4. The first-order chi connectivity index (χ1) is 24.9. The van der Waals surface area contributed by atoms with E-state index in [4.69, 9.17) is 9.47 Å². The smallest absolute Gasteiger partial charge is 0.313 e. The van der Waals surface area contributed by atoms with Crippen LogP contribution in [0.15, 0.2) is 73.8 Å². The molecule has 0 saturated carbocycles. The van der Waals surface area contributed by atoms with Crippen LogP contribution in [0.25, 0.3) is 0 Å². The van der Waals surface area contributed by atoms with Crippen LogP contribution in [0.5, 0.6) is 0 Å². The van der Waals surface area contributed by atoms with Crippen LogP contribution in [-0.4, -0.2) is 94.0 Å². The third-order valence-electron chi connectivity index (χ3n) is 11.0. The van der Waals surface area contributed by atoms with Crippen LogP contribution in [0.3, 0.4) is 0 Å². The van der Waals surface area contributed by atoms with Crippen LogP contribution in [0, 0.1) is 25.7 Å². The van der Waals surface area contributed by atoms with Gasteiger partial charge >= 0.3 is 5.97 Å². The number of carbonyl (C=O) groups excluding carboxylic acids is 4. The molecule has 3 fully saturated rings. The van der Waals surface area contributed by atoms with Crippen molar-refractivity contribution in [1.82, 2.24) is 9.80 Å². The van der Waals surface area contributed by atoms with Gasteiger partial charge in [-0.3, -0.25) is 19.2 Å². The minimum absolute atomic E-state index is 0.0304. The number of benzene rings is 2. The number of aliphatic hydroxyl groups excluding tert-OH is 1. The number of halogens is 1. The lowest BCUT2D eigenvalue weighted by Gasteiger charge is -2.37. The van der Waals surface area contributed by atoms with E-state index in [2.05, 4.69) is 29.1 Å². The molecule has 11 heteroatoms. The van der Waals surface area contributed by atoms with Crippen molar-refractivity contribution >= 4 is 45.3 Å². The summed E-state index contributed by atoms with van der Waals surface area (Å²) in [7, 11) is 1.69. The van der Waals surface area contributed by atoms with Crippen molar-refractivity contribution in [2.24, 2.45) is 11.8 Å². The third kappa shape index (κ3) is 7.50. The molecule has 1 spiro atoms. The van der Waals surface area contributed by atoms with E-state index in [-0.39, 0.29) is 48.7 Å². The molecule has 3 heterocycles. The Morgan fingerprint density at radius 1 is 1.12 bits per heavy atom. The maximum Gasteiger partial charge on any atom is 0.313 e. The van der Waals surface area contributed by atoms with E-state index in [0.717, 1.165) is 16.8 Å². The van der Waals surface area contributed by atoms with Gasteiger partial charge in [0.2, 0.25) is 11.8 Å². The van der Waals surface area contributed by atoms with Gasteiger partial charge in [-0.2, -0.15) is 0 Å². The largest absolute Gasteiger partial charge is 0.455 e. The molecule has 5 rings (SSSR count). The minimum atomic E-state index is -1.28. The highest BCUT2D eigenvalue weighted by molar-refractivity contribution is 9.09. The number of unbranched alkanes of at least 4 members (excludes halogenated alkanes) is 2. The monoisotopic (exact) mass is 777 g/mol. The molecule has 8 atom stereocenters. The lowest BCUT2D eigenvalue weighted by molar-refractivity contribution is -0.164. The number of aryl methyl sites for hydroxylation is 2. The van der Waals surface area contributed by atoms with E-state index in [1.165, 1.54) is 0 Å². The highest BCUT2D eigenvalue weighted by atomic mass is 79.9. The van der Waals surface area contributed by atoms with Gasteiger partial charge in [0, 0.05) is 43.7 Å². The molecule has 0 aliphatic carbocycles. The van der Waals surface area contributed by atoms with Gasteiger partial charge < -0.3 is 29.3 Å². The summed E-state index contributed by atoms with van der Waals surface area (Å²) >= 11 is 3.77. The Morgan fingerprint density at radius 2 is 1.85 bits per heavy atom. The Morgan fingerprint density at radius 3 is 2.52 bits per heavy atom. The van der Waals surface area contributed by atoms with Crippen LogP contribution in [0.2, 0.25) is 0 Å². The number of aliphatic hydroxyl groups is 1. The fourth-order valence-electron chi connectivity index (χ4n) is 8.21. The number of anilines is 1. The van der Waals surface area contributed by atoms with E-state index in [1.807, 2.05) is 69.3 Å². The molecule has 2 aromatic rings. The van der Waals surface area contributed by atoms with E-state index in [0.29, 0.717) is 37.7 Å². The summed E-state index contributed by atoms with van der Waals surface area (Å²) in [5, 5.41) is 9.44. The van der Waals surface area contributed by atoms with Crippen LogP contribution in [-0.2, 0) is 28.7 Å². The Hall–Kier alpha value is -3.80. The van der Waals surface area contributed by atoms with Gasteiger partial charge in [0.05, 0.1) is 24.0 Å². The molecule has 3 aliphatic heterocycles. The number of amides is 3. The number of ether oxygens (including phenoxy) is 2. The molecule has 1 N–H and O–H groups in total. The zero-order valence-corrected chi connectivity index (χ0v) is 32.3. The summed E-state index contributed by atoms with van der Waals surface area (Å²) < 4.78 is 13.2. The first-order valence-corrected chi connectivity index (χ1v) is 19.2. The van der Waals surface area contributed by atoms with Gasteiger partial charge in [0.15, 0.2) is 0 Å². The molecule has 0 aromatic heterocycles. The first kappa shape index (κ1) is 39.4. The second-order valence-corrected chi connectivity index (χ2v) is 15.5. The summed E-state index contributed by atoms with van der Waals surface area (Å²) in [5.74, 6) is -3.26. The average Bonchev–Trinajstić information content (AvgIpc) is 3.73. The number of esters is 1. The number of alkyl halides is 1. The van der Waals surface area contributed by atoms with Crippen molar-refractivity contribution in [3.05, 3.63) is 90.5 Å². The molecule has 280 valence electrons. The normalized spacial score (nSPS) is 25.7. The molecule has 52 heavy (non-hydrogen) atoms. The number of hydrogen-bond donors (Lipinski definition) is 1. The maximum atomic E-state index is 15.0. The van der Waals surface area contributed by atoms with Gasteiger partial charge in [-0.25, -0.2) is 0 Å². The molecule has 3 saturated heterocycles. The second-order valence-electron chi connectivity index (χ2n) is 14.3. The Balaban J connectivity index is 1.52. The molecule has 1 unspecified atom stereocenters. The summed E-state index contributed by atoms with van der Waals surface area (Å²) in [6, 6.07) is 13.7. The van der Waals surface area contributed by atoms with Gasteiger partial charge in [-0.15, -0.1) is 13.2 Å². The Bertz CT molecular complexity index is 1650. The molecular weight excluding hydrogens is 726 g/mol. The lowest BCUT2D eigenvalue weighted by atomic mass is 9.70. The van der Waals surface area contributed by atoms with Crippen LogP contribution in [0.1, 0.15) is 68.2 Å². The van der Waals surface area contributed by atoms with Gasteiger partial charge in [0.1, 0.15) is 17.7 Å². The number of allylic oxidation sites excluding steroid dienone is 1. The van der Waals surface area contributed by atoms with Crippen molar-refractivity contribution in [2.45, 2.75) is 94.0 Å². The van der Waals surface area contributed by atoms with E-state index >= 15 is 4.79 Å². The maximum absolute atomic E-state index is 15.0. The number of hydrogen-bond acceptors (Lipinski definition) is 7. The average molecular weight is 779 g/mol. The number of likely N-dealkylation sites (N-methyl/N-ethyl adjacent to an activating group) is 1. The van der Waals surface area contributed by atoms with Gasteiger partial charge in [0.25, 0.3) is 5.91 Å². The molecule has 3 aliphatic rings. The number of likely N-dealkylation sites (tertiary alicyclic amines) is 1. The van der Waals surface area contributed by atoms with E-state index < -0.39 is 47.7 Å². The fourth-order valence-corrected chi connectivity index (χ4v) is 9.15. The van der Waals surface area contributed by atoms with Crippen molar-refractivity contribution in [2.75, 3.05) is 31.6 Å². The fraction of sp³-hybridized carbons (Fsp3) is 0.512. The molecular formula is C41H52BrN3O7. The standard InChI is InChI=1S/C41H52BrN3O7/c1-7-9-18-32(47)43(6)28(5)35(29-16-12-10-13-17-29)51-40(50)33-34-38(48)45(22-14-11-15-23-46)37(41(34)25-30(42)36(33)52-41)39(49)44(21-8-2)31-24-26(3)19-20-27(31)4/h7-8,10,12-13,16-17,19-20,24,28,30,33-37,46H,1-2,9,11,14-15,18,21-23,25H2,3-6H3/t28-,30?,33+,34-,35+,36+,37+,41-/m1/s1. The zero-order chi connectivity index (χ0) is 37.7. The quantitative estimate of drug-likeness (QED) is 0.0931. The third-order valence-corrected chi connectivity index (χ3v) is 11.8. The first-order valence-electron chi connectivity index (χ1n) is 18.3. The highest BCUT2D eigenvalue weighted by Crippen LogP contribution is 2.60. The molecule has 3 amide bonds. The van der Waals surface area contributed by atoms with Gasteiger partial charge in [-0.1, -0.05) is 70.5 Å². The second kappa shape index (κ2) is 16.9. The predicted octanol–water partition coefficient (Wildman–Crippen LogP) is 5.83. The summed E-state index contributed by atoms with van der Waals surface area (Å²) in [6.45, 7) is 13.9. The SMILES string of the molecule is C=CCCC(=O)N(C)[C@H](C)[C@H](OC(=O)[C@@H]1[C@H]2O[C@@]3(CC2Br)[C@H](C(=O)N(CC=C)c2cc(C)ccc2C)N(CCCCCO)C(=O)[C@@H]13)c1ccccc1. The number of fused-ring (bicyclic) bond motifs is 1. The minimum Gasteiger partial charge on any atom is -0.455 e. The Kier molecular flexibility index (Phi) is 12.8. The van der Waals surface area contributed by atoms with Crippen LogP contribution < -0.4 is 4.90 Å². The van der Waals surface area contributed by atoms with Crippen LogP contribution in [0.4, 0.5) is 5.69 Å². The number of nitrogens with zero attached hydrogens (tertiary/aromatic N) is 3. The predicted molar refractivity (Wildman–Crippen MR) is 204 cm³/mol. The molecule has 2 aromatic carbocycles. The summed E-state index contributed by atoms with van der Waals surface area (Å²) in [6.07, 6.45) is 4.78. The Labute approximate surface area is 315 Å².